The molecule has 0 aromatic heterocycles. The van der Waals surface area contributed by atoms with Gasteiger partial charge in [-0.2, -0.15) is 5.26 Å². The zero-order valence-corrected chi connectivity index (χ0v) is 6.36. The molecule has 2 N–H and O–H groups in total. The monoisotopic (exact) mass is 171 g/mol. The molecule has 0 unspecified atom stereocenters. The minimum absolute atomic E-state index is 0.147. The number of ketones is 1. The molecule has 0 aromatic carbocycles. The lowest BCUT2D eigenvalue weighted by molar-refractivity contribution is -0.140. The van der Waals surface area contributed by atoms with Crippen LogP contribution in [0.4, 0.5) is 0 Å². The Morgan fingerprint density at radius 1 is 1.50 bits per heavy atom. The quantitative estimate of drug-likeness (QED) is 0.553. The van der Waals surface area contributed by atoms with Gasteiger partial charge in [-0.05, 0) is 0 Å². The van der Waals surface area contributed by atoms with Gasteiger partial charge in [-0.15, -0.1) is 0 Å². The van der Waals surface area contributed by atoms with E-state index in [1.165, 1.54) is 0 Å². The molecule has 5 nitrogen and oxygen atoms in total. The van der Waals surface area contributed by atoms with E-state index in [1.807, 2.05) is 0 Å². The van der Waals surface area contributed by atoms with Crippen molar-refractivity contribution < 1.29 is 19.8 Å². The third kappa shape index (κ3) is 5.38. The molecule has 1 atom stereocenters. The molecule has 0 aliphatic heterocycles. The second-order valence-electron chi connectivity index (χ2n) is 2.33. The predicted octanol–water partition coefficient (Wildman–Crippen LogP) is -0.305. The first-order valence-corrected chi connectivity index (χ1v) is 3.34. The summed E-state index contributed by atoms with van der Waals surface area (Å²) in [5, 5.41) is 25.1. The van der Waals surface area contributed by atoms with Gasteiger partial charge in [0, 0.05) is 6.42 Å². The van der Waals surface area contributed by atoms with Crippen molar-refractivity contribution in [3.63, 3.8) is 0 Å². The largest absolute Gasteiger partial charge is 0.481 e. The van der Waals surface area contributed by atoms with Crippen molar-refractivity contribution in [2.75, 3.05) is 0 Å². The molecule has 0 spiro atoms. The normalized spacial score (nSPS) is 11.7. The van der Waals surface area contributed by atoms with Crippen molar-refractivity contribution in [2.45, 2.75) is 25.4 Å². The van der Waals surface area contributed by atoms with Gasteiger partial charge in [0.15, 0.2) is 0 Å². The Morgan fingerprint density at radius 3 is 2.50 bits per heavy atom. The summed E-state index contributed by atoms with van der Waals surface area (Å²) in [5.41, 5.74) is 0. The molecule has 0 radical (unpaired) electrons. The highest BCUT2D eigenvalue weighted by molar-refractivity contribution is 5.94. The standard InChI is InChI=1S/C7H9NO4/c8-2-1-5(9)3-6(10)4-7(11)12/h5,9H,1,3-4H2,(H,11,12)/t5-/m1/s1. The van der Waals surface area contributed by atoms with Crippen molar-refractivity contribution in [3.05, 3.63) is 0 Å². The van der Waals surface area contributed by atoms with Gasteiger partial charge in [-0.1, -0.05) is 0 Å². The van der Waals surface area contributed by atoms with E-state index < -0.39 is 24.3 Å². The first kappa shape index (κ1) is 10.6. The highest BCUT2D eigenvalue weighted by Crippen LogP contribution is 1.99. The molecule has 0 bridgehead atoms. The molecule has 5 heteroatoms. The van der Waals surface area contributed by atoms with Crippen LogP contribution in [0.25, 0.3) is 0 Å². The number of nitrogens with zero attached hydrogens (tertiary/aromatic N) is 1. The number of nitriles is 1. The van der Waals surface area contributed by atoms with Gasteiger partial charge in [-0.25, -0.2) is 0 Å². The first-order chi connectivity index (χ1) is 5.56. The van der Waals surface area contributed by atoms with Gasteiger partial charge in [0.05, 0.1) is 18.6 Å². The van der Waals surface area contributed by atoms with E-state index in [0.717, 1.165) is 0 Å². The zero-order valence-electron chi connectivity index (χ0n) is 6.36. The molecule has 0 aromatic rings. The molecule has 0 aliphatic carbocycles. The molecular weight excluding hydrogens is 162 g/mol. The van der Waals surface area contributed by atoms with Gasteiger partial charge in [0.25, 0.3) is 0 Å². The van der Waals surface area contributed by atoms with Crippen molar-refractivity contribution >= 4 is 11.8 Å². The van der Waals surface area contributed by atoms with Gasteiger partial charge in [0.2, 0.25) is 0 Å². The number of carboxylic acid groups (broad SMARTS) is 1. The minimum Gasteiger partial charge on any atom is -0.481 e. The van der Waals surface area contributed by atoms with Gasteiger partial charge >= 0.3 is 5.97 Å². The number of aliphatic hydroxyl groups excluding tert-OH is 1. The molecule has 0 amide bonds. The van der Waals surface area contributed by atoms with Crippen LogP contribution < -0.4 is 0 Å². The molecule has 0 heterocycles. The summed E-state index contributed by atoms with van der Waals surface area (Å²) >= 11 is 0. The molecule has 0 aliphatic rings. The third-order valence-electron chi connectivity index (χ3n) is 1.14. The second-order valence-corrected chi connectivity index (χ2v) is 2.33. The second kappa shape index (κ2) is 5.27. The fourth-order valence-electron chi connectivity index (χ4n) is 0.681. The van der Waals surface area contributed by atoms with Crippen LogP contribution in [0.5, 0.6) is 0 Å². The highest BCUT2D eigenvalue weighted by atomic mass is 16.4. The molecule has 0 saturated heterocycles. The predicted molar refractivity (Wildman–Crippen MR) is 38.1 cm³/mol. The summed E-state index contributed by atoms with van der Waals surface area (Å²) in [4.78, 5) is 20.7. The topological polar surface area (TPSA) is 98.4 Å². The third-order valence-corrected chi connectivity index (χ3v) is 1.14. The number of carboxylic acids is 1. The van der Waals surface area contributed by atoms with Gasteiger partial charge in [0.1, 0.15) is 12.2 Å². The number of aliphatic carboxylic acids is 1. The van der Waals surface area contributed by atoms with E-state index in [2.05, 4.69) is 0 Å². The number of carbonyl (C=O) groups excluding carboxylic acids is 1. The smallest absolute Gasteiger partial charge is 0.310 e. The van der Waals surface area contributed by atoms with Crippen LogP contribution in [0.3, 0.4) is 0 Å². The summed E-state index contributed by atoms with van der Waals surface area (Å²) in [5.74, 6) is -1.78. The molecule has 0 fully saturated rings. The number of aliphatic hydroxyl groups is 1. The van der Waals surface area contributed by atoms with Crippen LogP contribution in [0.1, 0.15) is 19.3 Å². The van der Waals surface area contributed by atoms with Crippen LogP contribution in [-0.2, 0) is 9.59 Å². The summed E-state index contributed by atoms with van der Waals surface area (Å²) in [6.07, 6.45) is -2.05. The van der Waals surface area contributed by atoms with E-state index >= 15 is 0 Å². The molecule has 66 valence electrons. The molecule has 12 heavy (non-hydrogen) atoms. The van der Waals surface area contributed by atoms with Gasteiger partial charge < -0.3 is 10.2 Å². The Labute approximate surface area is 69.2 Å². The van der Waals surface area contributed by atoms with E-state index in [4.69, 9.17) is 15.5 Å². The van der Waals surface area contributed by atoms with E-state index in [-0.39, 0.29) is 12.8 Å². The maximum Gasteiger partial charge on any atom is 0.310 e. The van der Waals surface area contributed by atoms with Crippen molar-refractivity contribution in [2.24, 2.45) is 0 Å². The van der Waals surface area contributed by atoms with Crippen LogP contribution in [0.2, 0.25) is 0 Å². The molecular formula is C7H9NO4. The zero-order chi connectivity index (χ0) is 9.56. The Bertz CT molecular complexity index is 218. The lowest BCUT2D eigenvalue weighted by atomic mass is 10.1. The molecule has 0 saturated carbocycles. The van der Waals surface area contributed by atoms with Crippen LogP contribution in [0.15, 0.2) is 0 Å². The Balaban J connectivity index is 3.70. The summed E-state index contributed by atoms with van der Waals surface area (Å²) < 4.78 is 0. The van der Waals surface area contributed by atoms with Crippen LogP contribution in [0, 0.1) is 11.3 Å². The van der Waals surface area contributed by atoms with Crippen molar-refractivity contribution in [1.82, 2.24) is 0 Å². The highest BCUT2D eigenvalue weighted by Gasteiger charge is 2.12. The van der Waals surface area contributed by atoms with E-state index in [9.17, 15) is 9.59 Å². The number of carbonyl (C=O) groups is 2. The van der Waals surface area contributed by atoms with Crippen LogP contribution in [-0.4, -0.2) is 28.1 Å². The lowest BCUT2D eigenvalue weighted by Gasteiger charge is -2.02. The fraction of sp³-hybridized carbons (Fsp3) is 0.571. The molecule has 0 rings (SSSR count). The SMILES string of the molecule is N#CC[C@@H](O)CC(=O)CC(=O)O. The average Bonchev–Trinajstić information content (AvgIpc) is 1.84. The Kier molecular flexibility index (Phi) is 4.65. The van der Waals surface area contributed by atoms with E-state index in [0.29, 0.717) is 0 Å². The lowest BCUT2D eigenvalue weighted by Crippen LogP contribution is -2.15. The summed E-state index contributed by atoms with van der Waals surface area (Å²) in [7, 11) is 0. The first-order valence-electron chi connectivity index (χ1n) is 3.34. The maximum absolute atomic E-state index is 10.7. The summed E-state index contributed by atoms with van der Waals surface area (Å²) in [6, 6.07) is 1.68. The minimum atomic E-state index is -1.22. The summed E-state index contributed by atoms with van der Waals surface area (Å²) in [6.45, 7) is 0. The number of hydrogen-bond acceptors (Lipinski definition) is 4. The number of Topliss-reactive ketones (excluding diaryl/α,β-unsaturated/α-hetero) is 1. The fourth-order valence-corrected chi connectivity index (χ4v) is 0.681. The van der Waals surface area contributed by atoms with Crippen molar-refractivity contribution in [1.29, 1.82) is 5.26 Å². The van der Waals surface area contributed by atoms with Gasteiger partial charge in [-0.3, -0.25) is 9.59 Å². The Hall–Kier alpha value is -1.41. The van der Waals surface area contributed by atoms with Crippen molar-refractivity contribution in [3.8, 4) is 6.07 Å². The Morgan fingerprint density at radius 2 is 2.08 bits per heavy atom. The maximum atomic E-state index is 10.7. The van der Waals surface area contributed by atoms with Crippen LogP contribution >= 0.6 is 0 Å². The number of rotatable bonds is 5. The average molecular weight is 171 g/mol. The van der Waals surface area contributed by atoms with E-state index in [1.54, 1.807) is 6.07 Å². The number of hydrogen-bond donors (Lipinski definition) is 2.